The van der Waals surface area contributed by atoms with Crippen LogP contribution in [0.5, 0.6) is 0 Å². The summed E-state index contributed by atoms with van der Waals surface area (Å²) in [5.74, 6) is -0.764. The van der Waals surface area contributed by atoms with Crippen LogP contribution in [0.2, 0.25) is 5.02 Å². The Hall–Kier alpha value is -1.67. The van der Waals surface area contributed by atoms with Crippen LogP contribution < -0.4 is 0 Å². The Morgan fingerprint density at radius 3 is 2.56 bits per heavy atom. The Bertz CT molecular complexity index is 620. The topological polar surface area (TPSA) is 17.1 Å². The summed E-state index contributed by atoms with van der Waals surface area (Å²) in [5.41, 5.74) is 2.86. The predicted octanol–water partition coefficient (Wildman–Crippen LogP) is 4.33. The number of carbonyl (C=O) groups is 1. The zero-order valence-corrected chi connectivity index (χ0v) is 10.9. The van der Waals surface area contributed by atoms with Crippen molar-refractivity contribution in [3.63, 3.8) is 0 Å². The van der Waals surface area contributed by atoms with Crippen molar-refractivity contribution in [1.29, 1.82) is 0 Å². The third kappa shape index (κ3) is 2.29. The molecule has 0 unspecified atom stereocenters. The second-order valence-corrected chi connectivity index (χ2v) is 4.61. The average molecular weight is 263 g/mol. The molecule has 0 radical (unpaired) electrons. The summed E-state index contributed by atoms with van der Waals surface area (Å²) in [4.78, 5) is 12.3. The van der Waals surface area contributed by atoms with Crippen LogP contribution in [0.3, 0.4) is 0 Å². The van der Waals surface area contributed by atoms with Crippen molar-refractivity contribution in [3.05, 3.63) is 69.5 Å². The molecule has 2 aromatic carbocycles. The van der Waals surface area contributed by atoms with Crippen molar-refractivity contribution < 1.29 is 9.18 Å². The summed E-state index contributed by atoms with van der Waals surface area (Å²) < 4.78 is 13.4. The second-order valence-electron chi connectivity index (χ2n) is 4.21. The number of benzene rings is 2. The van der Waals surface area contributed by atoms with Crippen LogP contribution >= 0.6 is 11.6 Å². The summed E-state index contributed by atoms with van der Waals surface area (Å²) >= 11 is 5.60. The van der Waals surface area contributed by atoms with Gasteiger partial charge in [-0.25, -0.2) is 4.39 Å². The highest BCUT2D eigenvalue weighted by atomic mass is 35.5. The number of carbonyl (C=O) groups excluding carboxylic acids is 1. The van der Waals surface area contributed by atoms with Gasteiger partial charge in [-0.05, 0) is 43.2 Å². The van der Waals surface area contributed by atoms with Gasteiger partial charge in [0.1, 0.15) is 5.82 Å². The van der Waals surface area contributed by atoms with Gasteiger partial charge in [-0.2, -0.15) is 0 Å². The molecule has 18 heavy (non-hydrogen) atoms. The number of ketones is 1. The molecule has 0 bridgehead atoms. The van der Waals surface area contributed by atoms with Crippen molar-refractivity contribution in [3.8, 4) is 0 Å². The minimum atomic E-state index is -0.576. The SMILES string of the molecule is Cc1cccc(C(=O)c2ccc(Cl)c(F)c2)c1C. The highest BCUT2D eigenvalue weighted by Crippen LogP contribution is 2.20. The monoisotopic (exact) mass is 262 g/mol. The van der Waals surface area contributed by atoms with E-state index in [1.165, 1.54) is 18.2 Å². The molecule has 0 spiro atoms. The first-order valence-electron chi connectivity index (χ1n) is 5.56. The molecule has 0 N–H and O–H groups in total. The van der Waals surface area contributed by atoms with Crippen molar-refractivity contribution in [2.24, 2.45) is 0 Å². The number of hydrogen-bond donors (Lipinski definition) is 0. The average Bonchev–Trinajstić information content (AvgIpc) is 2.35. The first kappa shape index (κ1) is 12.8. The van der Waals surface area contributed by atoms with Gasteiger partial charge in [0.25, 0.3) is 0 Å². The van der Waals surface area contributed by atoms with E-state index in [1.54, 1.807) is 6.07 Å². The highest BCUT2D eigenvalue weighted by molar-refractivity contribution is 6.30. The molecule has 0 aliphatic heterocycles. The van der Waals surface area contributed by atoms with Crippen molar-refractivity contribution in [1.82, 2.24) is 0 Å². The molecular weight excluding hydrogens is 251 g/mol. The number of rotatable bonds is 2. The molecular formula is C15H12ClFO. The number of hydrogen-bond acceptors (Lipinski definition) is 1. The molecule has 0 saturated heterocycles. The highest BCUT2D eigenvalue weighted by Gasteiger charge is 2.14. The normalized spacial score (nSPS) is 10.4. The molecule has 0 amide bonds. The molecule has 0 aliphatic rings. The van der Waals surface area contributed by atoms with E-state index in [0.717, 1.165) is 11.1 Å². The van der Waals surface area contributed by atoms with E-state index in [4.69, 9.17) is 11.6 Å². The minimum absolute atomic E-state index is 0.0208. The number of halogens is 2. The summed E-state index contributed by atoms with van der Waals surface area (Å²) in [7, 11) is 0. The smallest absolute Gasteiger partial charge is 0.193 e. The second kappa shape index (κ2) is 4.91. The van der Waals surface area contributed by atoms with Crippen LogP contribution in [0.4, 0.5) is 4.39 Å². The molecule has 1 nitrogen and oxygen atoms in total. The Labute approximate surface area is 110 Å². The third-order valence-electron chi connectivity index (χ3n) is 3.03. The minimum Gasteiger partial charge on any atom is -0.289 e. The standard InChI is InChI=1S/C15H12ClFO/c1-9-4-3-5-12(10(9)2)15(18)11-6-7-13(16)14(17)8-11/h3-8H,1-2H3. The fourth-order valence-corrected chi connectivity index (χ4v) is 1.91. The van der Waals surface area contributed by atoms with Gasteiger partial charge >= 0.3 is 0 Å². The molecule has 0 fully saturated rings. The fraction of sp³-hybridized carbons (Fsp3) is 0.133. The zero-order chi connectivity index (χ0) is 13.3. The van der Waals surface area contributed by atoms with Crippen LogP contribution in [0.25, 0.3) is 0 Å². The largest absolute Gasteiger partial charge is 0.289 e. The van der Waals surface area contributed by atoms with Crippen LogP contribution in [0.1, 0.15) is 27.0 Å². The summed E-state index contributed by atoms with van der Waals surface area (Å²) in [6.07, 6.45) is 0. The molecule has 0 aliphatic carbocycles. The van der Waals surface area contributed by atoms with E-state index >= 15 is 0 Å². The molecule has 0 atom stereocenters. The van der Waals surface area contributed by atoms with E-state index in [2.05, 4.69) is 0 Å². The van der Waals surface area contributed by atoms with Crippen molar-refractivity contribution in [2.75, 3.05) is 0 Å². The maximum absolute atomic E-state index is 13.4. The predicted molar refractivity (Wildman–Crippen MR) is 70.8 cm³/mol. The van der Waals surface area contributed by atoms with Gasteiger partial charge in [-0.3, -0.25) is 4.79 Å². The van der Waals surface area contributed by atoms with Gasteiger partial charge in [0.15, 0.2) is 5.78 Å². The first-order valence-corrected chi connectivity index (χ1v) is 5.94. The van der Waals surface area contributed by atoms with E-state index < -0.39 is 5.82 Å². The Morgan fingerprint density at radius 2 is 1.89 bits per heavy atom. The van der Waals surface area contributed by atoms with Gasteiger partial charge in [0.2, 0.25) is 0 Å². The summed E-state index contributed by atoms with van der Waals surface area (Å²) in [6.45, 7) is 3.82. The lowest BCUT2D eigenvalue weighted by molar-refractivity contribution is 0.103. The fourth-order valence-electron chi connectivity index (χ4n) is 1.79. The van der Waals surface area contributed by atoms with Gasteiger partial charge in [0, 0.05) is 11.1 Å². The Kier molecular flexibility index (Phi) is 3.48. The van der Waals surface area contributed by atoms with Crippen LogP contribution in [-0.2, 0) is 0 Å². The third-order valence-corrected chi connectivity index (χ3v) is 3.34. The maximum Gasteiger partial charge on any atom is 0.193 e. The molecule has 2 aromatic rings. The quantitative estimate of drug-likeness (QED) is 0.737. The Morgan fingerprint density at radius 1 is 1.17 bits per heavy atom. The van der Waals surface area contributed by atoms with Crippen LogP contribution in [-0.4, -0.2) is 5.78 Å². The first-order chi connectivity index (χ1) is 8.50. The lowest BCUT2D eigenvalue weighted by Gasteiger charge is -2.08. The van der Waals surface area contributed by atoms with Gasteiger partial charge in [-0.15, -0.1) is 0 Å². The molecule has 0 aromatic heterocycles. The van der Waals surface area contributed by atoms with Gasteiger partial charge < -0.3 is 0 Å². The molecule has 0 saturated carbocycles. The van der Waals surface area contributed by atoms with Crippen molar-refractivity contribution >= 4 is 17.4 Å². The van der Waals surface area contributed by atoms with E-state index in [9.17, 15) is 9.18 Å². The lowest BCUT2D eigenvalue weighted by Crippen LogP contribution is -2.05. The maximum atomic E-state index is 13.4. The molecule has 3 heteroatoms. The lowest BCUT2D eigenvalue weighted by atomic mass is 9.96. The van der Waals surface area contributed by atoms with Gasteiger partial charge in [-0.1, -0.05) is 29.8 Å². The summed E-state index contributed by atoms with van der Waals surface area (Å²) in [5, 5.41) is 0.0208. The zero-order valence-electron chi connectivity index (χ0n) is 10.1. The van der Waals surface area contributed by atoms with Crippen LogP contribution in [0.15, 0.2) is 36.4 Å². The van der Waals surface area contributed by atoms with E-state index in [1.807, 2.05) is 26.0 Å². The van der Waals surface area contributed by atoms with Gasteiger partial charge in [0.05, 0.1) is 5.02 Å². The van der Waals surface area contributed by atoms with E-state index in [0.29, 0.717) is 11.1 Å². The molecule has 0 heterocycles. The Balaban J connectivity index is 2.48. The van der Waals surface area contributed by atoms with E-state index in [-0.39, 0.29) is 10.8 Å². The molecule has 92 valence electrons. The number of aryl methyl sites for hydroxylation is 1. The van der Waals surface area contributed by atoms with Crippen molar-refractivity contribution in [2.45, 2.75) is 13.8 Å². The van der Waals surface area contributed by atoms with Crippen LogP contribution in [0, 0.1) is 19.7 Å². The summed E-state index contributed by atoms with van der Waals surface area (Å²) in [6, 6.07) is 9.62. The molecule has 2 rings (SSSR count).